The minimum absolute atomic E-state index is 0.0516. The summed E-state index contributed by atoms with van der Waals surface area (Å²) in [5.41, 5.74) is 1.47. The Bertz CT molecular complexity index is 1150. The summed E-state index contributed by atoms with van der Waals surface area (Å²) < 4.78 is 36.7. The van der Waals surface area contributed by atoms with Gasteiger partial charge in [-0.15, -0.1) is 0 Å². The quantitative estimate of drug-likeness (QED) is 0.459. The molecule has 34 heavy (non-hydrogen) atoms. The highest BCUT2D eigenvalue weighted by atomic mass is 32.2. The topological polar surface area (TPSA) is 131 Å². The van der Waals surface area contributed by atoms with Gasteiger partial charge in [-0.3, -0.25) is 9.59 Å². The van der Waals surface area contributed by atoms with Crippen molar-refractivity contribution in [1.29, 1.82) is 0 Å². The Morgan fingerprint density at radius 1 is 1.09 bits per heavy atom. The first-order valence-corrected chi connectivity index (χ1v) is 12.0. The summed E-state index contributed by atoms with van der Waals surface area (Å²) in [4.78, 5) is 38.6. The Hall–Kier alpha value is -3.44. The van der Waals surface area contributed by atoms with Gasteiger partial charge in [-0.1, -0.05) is 25.1 Å². The Labute approximate surface area is 199 Å². The fourth-order valence-electron chi connectivity index (χ4n) is 3.06. The number of nitrogens with zero attached hydrogens (tertiary/aromatic N) is 1. The fourth-order valence-corrected chi connectivity index (χ4v) is 3.98. The zero-order valence-corrected chi connectivity index (χ0v) is 20.4. The number of sulfonamides is 1. The molecule has 0 aliphatic heterocycles. The molecule has 2 rings (SSSR count). The molecule has 0 atom stereocenters. The molecule has 0 aliphatic rings. The number of para-hydroxylation sites is 1. The number of rotatable bonds is 11. The number of benzene rings is 2. The third kappa shape index (κ3) is 7.03. The van der Waals surface area contributed by atoms with E-state index in [0.29, 0.717) is 18.7 Å². The molecule has 0 bridgehead atoms. The van der Waals surface area contributed by atoms with Crippen LogP contribution in [0.15, 0.2) is 47.4 Å². The van der Waals surface area contributed by atoms with Crippen LogP contribution in [0.4, 0.5) is 5.69 Å². The van der Waals surface area contributed by atoms with Gasteiger partial charge in [0, 0.05) is 12.2 Å². The van der Waals surface area contributed by atoms with Gasteiger partial charge in [-0.25, -0.2) is 17.9 Å². The highest BCUT2D eigenvalue weighted by Gasteiger charge is 2.22. The van der Waals surface area contributed by atoms with Crippen molar-refractivity contribution in [3.63, 3.8) is 0 Å². The van der Waals surface area contributed by atoms with Crippen molar-refractivity contribution >= 4 is 33.5 Å². The molecule has 2 aromatic carbocycles. The molecule has 184 valence electrons. The number of anilines is 1. The van der Waals surface area contributed by atoms with Crippen LogP contribution in [-0.2, 0) is 24.3 Å². The Balaban J connectivity index is 2.05. The number of aryl methyl sites for hydroxylation is 1. The van der Waals surface area contributed by atoms with Crippen LogP contribution in [0.1, 0.15) is 29.3 Å². The molecule has 0 spiro atoms. The third-order valence-electron chi connectivity index (χ3n) is 4.88. The van der Waals surface area contributed by atoms with Crippen molar-refractivity contribution in [1.82, 2.24) is 9.62 Å². The zero-order chi connectivity index (χ0) is 25.3. The van der Waals surface area contributed by atoms with Crippen LogP contribution >= 0.6 is 0 Å². The Morgan fingerprint density at radius 3 is 2.41 bits per heavy atom. The Kier molecular flexibility index (Phi) is 9.58. The van der Waals surface area contributed by atoms with Crippen molar-refractivity contribution < 1.29 is 32.3 Å². The van der Waals surface area contributed by atoms with Crippen molar-refractivity contribution in [2.75, 3.05) is 39.2 Å². The highest BCUT2D eigenvalue weighted by Crippen LogP contribution is 2.25. The maximum Gasteiger partial charge on any atom is 0.338 e. The average molecular weight is 492 g/mol. The van der Waals surface area contributed by atoms with Crippen LogP contribution in [0, 0.1) is 6.92 Å². The summed E-state index contributed by atoms with van der Waals surface area (Å²) in [6.45, 7) is 3.20. The lowest BCUT2D eigenvalue weighted by molar-refractivity contribution is -0.137. The van der Waals surface area contributed by atoms with Gasteiger partial charge in [0.2, 0.25) is 15.9 Å². The minimum atomic E-state index is -3.89. The van der Waals surface area contributed by atoms with Crippen LogP contribution in [0.2, 0.25) is 0 Å². The molecule has 0 aromatic heterocycles. The molecule has 2 amide bonds. The largest absolute Gasteiger partial charge is 0.495 e. The van der Waals surface area contributed by atoms with Gasteiger partial charge in [0.25, 0.3) is 5.91 Å². The Morgan fingerprint density at radius 2 is 1.79 bits per heavy atom. The second-order valence-electron chi connectivity index (χ2n) is 7.33. The normalized spacial score (nSPS) is 10.9. The first kappa shape index (κ1) is 26.8. The van der Waals surface area contributed by atoms with Crippen molar-refractivity contribution in [3.05, 3.63) is 53.6 Å². The monoisotopic (exact) mass is 491 g/mol. The van der Waals surface area contributed by atoms with Gasteiger partial charge in [0.05, 0.1) is 19.2 Å². The van der Waals surface area contributed by atoms with Crippen LogP contribution in [0.3, 0.4) is 0 Å². The molecule has 0 fully saturated rings. The van der Waals surface area contributed by atoms with Crippen LogP contribution in [0.5, 0.6) is 5.75 Å². The standard InChI is InChI=1S/C23H29N3O7S/c1-5-12-26(14-21(27)25-18-9-7-6-8-16(18)2)22(28)15-33-23(29)17-10-11-19(32-4)20(13-17)34(30,31)24-3/h6-11,13,24H,5,12,14-15H2,1-4H3,(H,25,27). The second kappa shape index (κ2) is 12.1. The lowest BCUT2D eigenvalue weighted by Crippen LogP contribution is -2.40. The van der Waals surface area contributed by atoms with E-state index >= 15 is 0 Å². The first-order chi connectivity index (χ1) is 16.1. The van der Waals surface area contributed by atoms with Crippen LogP contribution < -0.4 is 14.8 Å². The van der Waals surface area contributed by atoms with E-state index in [-0.39, 0.29) is 28.7 Å². The van der Waals surface area contributed by atoms with Gasteiger partial charge in [0.1, 0.15) is 10.6 Å². The molecule has 0 saturated heterocycles. The predicted octanol–water partition coefficient (Wildman–Crippen LogP) is 1.95. The molecular weight excluding hydrogens is 462 g/mol. The molecule has 11 heteroatoms. The van der Waals surface area contributed by atoms with Crippen LogP contribution in [-0.4, -0.2) is 65.0 Å². The molecular formula is C23H29N3O7S. The number of carbonyl (C=O) groups excluding carboxylic acids is 3. The number of hydrogen-bond acceptors (Lipinski definition) is 7. The number of amides is 2. The molecule has 0 heterocycles. The molecule has 0 unspecified atom stereocenters. The van der Waals surface area contributed by atoms with Crippen molar-refractivity contribution in [2.45, 2.75) is 25.2 Å². The van der Waals surface area contributed by atoms with E-state index in [0.717, 1.165) is 11.6 Å². The smallest absolute Gasteiger partial charge is 0.338 e. The lowest BCUT2D eigenvalue weighted by Gasteiger charge is -2.21. The molecule has 2 aromatic rings. The number of carbonyl (C=O) groups is 3. The maximum absolute atomic E-state index is 12.6. The van der Waals surface area contributed by atoms with Gasteiger partial charge in [0.15, 0.2) is 6.61 Å². The highest BCUT2D eigenvalue weighted by molar-refractivity contribution is 7.89. The second-order valence-corrected chi connectivity index (χ2v) is 9.18. The summed E-state index contributed by atoms with van der Waals surface area (Å²) in [6, 6.07) is 11.0. The molecule has 10 nitrogen and oxygen atoms in total. The molecule has 2 N–H and O–H groups in total. The summed E-state index contributed by atoms with van der Waals surface area (Å²) in [7, 11) is -1.36. The maximum atomic E-state index is 12.6. The molecule has 0 saturated carbocycles. The number of methoxy groups -OCH3 is 1. The van der Waals surface area contributed by atoms with E-state index in [4.69, 9.17) is 9.47 Å². The van der Waals surface area contributed by atoms with Gasteiger partial charge in [-0.05, 0) is 50.2 Å². The lowest BCUT2D eigenvalue weighted by atomic mass is 10.2. The summed E-state index contributed by atoms with van der Waals surface area (Å²) >= 11 is 0. The first-order valence-electron chi connectivity index (χ1n) is 10.5. The SMILES string of the molecule is CCCN(CC(=O)Nc1ccccc1C)C(=O)COC(=O)c1ccc(OC)c(S(=O)(=O)NC)c1. The molecule has 0 aliphatic carbocycles. The fraction of sp³-hybridized carbons (Fsp3) is 0.348. The average Bonchev–Trinajstić information content (AvgIpc) is 2.83. The third-order valence-corrected chi connectivity index (χ3v) is 6.32. The van der Waals surface area contributed by atoms with Crippen LogP contribution in [0.25, 0.3) is 0 Å². The zero-order valence-electron chi connectivity index (χ0n) is 19.6. The van der Waals surface area contributed by atoms with E-state index < -0.39 is 28.5 Å². The van der Waals surface area contributed by atoms with Crippen molar-refractivity contribution in [2.24, 2.45) is 0 Å². The predicted molar refractivity (Wildman–Crippen MR) is 126 cm³/mol. The summed E-state index contributed by atoms with van der Waals surface area (Å²) in [5, 5.41) is 2.77. The van der Waals surface area contributed by atoms with Crippen molar-refractivity contribution in [3.8, 4) is 5.75 Å². The number of esters is 1. The summed E-state index contributed by atoms with van der Waals surface area (Å²) in [5.74, 6) is -1.76. The van der Waals surface area contributed by atoms with Gasteiger partial charge in [-0.2, -0.15) is 0 Å². The number of ether oxygens (including phenoxy) is 2. The van der Waals surface area contributed by atoms with E-state index in [2.05, 4.69) is 10.0 Å². The van der Waals surface area contributed by atoms with E-state index in [1.807, 2.05) is 26.0 Å². The minimum Gasteiger partial charge on any atom is -0.495 e. The van der Waals surface area contributed by atoms with Gasteiger partial charge >= 0.3 is 5.97 Å². The number of hydrogen-bond donors (Lipinski definition) is 2. The van der Waals surface area contributed by atoms with E-state index in [1.54, 1.807) is 12.1 Å². The summed E-state index contributed by atoms with van der Waals surface area (Å²) in [6.07, 6.45) is 0.598. The molecule has 0 radical (unpaired) electrons. The number of nitrogens with one attached hydrogen (secondary N) is 2. The van der Waals surface area contributed by atoms with E-state index in [1.165, 1.54) is 31.2 Å². The van der Waals surface area contributed by atoms with E-state index in [9.17, 15) is 22.8 Å². The van der Waals surface area contributed by atoms with Gasteiger partial charge < -0.3 is 19.7 Å².